The summed E-state index contributed by atoms with van der Waals surface area (Å²) in [5.41, 5.74) is 2.02. The van der Waals surface area contributed by atoms with Crippen LogP contribution in [0.2, 0.25) is 5.02 Å². The molecular weight excluding hydrogens is 533 g/mol. The smallest absolute Gasteiger partial charge is 0.380 e. The van der Waals surface area contributed by atoms with Crippen molar-refractivity contribution in [1.29, 1.82) is 0 Å². The monoisotopic (exact) mass is 553 g/mol. The van der Waals surface area contributed by atoms with E-state index in [1.807, 2.05) is 12.1 Å². The van der Waals surface area contributed by atoms with E-state index >= 15 is 0 Å². The van der Waals surface area contributed by atoms with Crippen molar-refractivity contribution in [2.45, 2.75) is 6.10 Å². The summed E-state index contributed by atoms with van der Waals surface area (Å²) in [6.07, 6.45) is 1.23. The molecule has 198 valence electrons. The van der Waals surface area contributed by atoms with Crippen LogP contribution >= 0.6 is 11.6 Å². The Morgan fingerprint density at radius 1 is 0.850 bits per heavy atom. The number of carbonyl (C=O) groups is 3. The van der Waals surface area contributed by atoms with Crippen LogP contribution in [-0.2, 0) is 14.3 Å². The molecule has 0 amide bonds. The number of halogens is 2. The number of aliphatic hydroxyl groups excluding tert-OH is 1. The molecule has 5 rings (SSSR count). The Hall–Kier alpha value is -5.01. The first-order valence-corrected chi connectivity index (χ1v) is 12.6. The van der Waals surface area contributed by atoms with Crippen LogP contribution in [0.25, 0.3) is 16.7 Å². The largest absolute Gasteiger partial charge is 0.507 e. The normalized spacial score (nSPS) is 11.5. The average Bonchev–Trinajstić information content (AvgIpc) is 3.35. The van der Waals surface area contributed by atoms with Crippen molar-refractivity contribution >= 4 is 45.9 Å². The third kappa shape index (κ3) is 5.55. The van der Waals surface area contributed by atoms with Gasteiger partial charge in [-0.1, -0.05) is 72.3 Å². The summed E-state index contributed by atoms with van der Waals surface area (Å²) < 4.78 is 20.2. The number of hydrogen-bond donors (Lipinski definition) is 1. The minimum Gasteiger partial charge on any atom is -0.507 e. The highest BCUT2D eigenvalue weighted by Crippen LogP contribution is 2.30. The number of nitrogens with zero attached hydrogens (tertiary/aromatic N) is 1. The van der Waals surface area contributed by atoms with Crippen LogP contribution in [0.4, 0.5) is 4.39 Å². The number of fused-ring (bicyclic) bond motifs is 1. The number of rotatable bonds is 7. The molecule has 5 aromatic rings. The van der Waals surface area contributed by atoms with Crippen molar-refractivity contribution in [2.75, 3.05) is 0 Å². The Morgan fingerprint density at radius 2 is 1.45 bits per heavy atom. The van der Waals surface area contributed by atoms with E-state index in [0.29, 0.717) is 27.1 Å². The second kappa shape index (κ2) is 11.4. The van der Waals surface area contributed by atoms with Crippen LogP contribution in [0.5, 0.6) is 0 Å². The minimum absolute atomic E-state index is 0.0942. The third-order valence-electron chi connectivity index (χ3n) is 6.25. The van der Waals surface area contributed by atoms with E-state index in [9.17, 15) is 23.9 Å². The van der Waals surface area contributed by atoms with Gasteiger partial charge in [-0.3, -0.25) is 14.2 Å². The van der Waals surface area contributed by atoms with Crippen molar-refractivity contribution in [3.63, 3.8) is 0 Å². The van der Waals surface area contributed by atoms with E-state index in [1.165, 1.54) is 29.0 Å². The van der Waals surface area contributed by atoms with Gasteiger partial charge in [-0.05, 0) is 53.6 Å². The first-order chi connectivity index (χ1) is 19.3. The van der Waals surface area contributed by atoms with E-state index in [2.05, 4.69) is 0 Å². The Bertz CT molecular complexity index is 1710. The Morgan fingerprint density at radius 3 is 2.05 bits per heavy atom. The van der Waals surface area contributed by atoms with Crippen molar-refractivity contribution in [3.05, 3.63) is 148 Å². The second-order valence-electron chi connectivity index (χ2n) is 8.89. The fourth-order valence-corrected chi connectivity index (χ4v) is 4.49. The van der Waals surface area contributed by atoms with Crippen LogP contribution < -0.4 is 0 Å². The van der Waals surface area contributed by atoms with Crippen LogP contribution in [-0.4, -0.2) is 27.3 Å². The highest BCUT2D eigenvalue weighted by molar-refractivity contribution is 6.39. The number of aliphatic hydroxyl groups is 1. The summed E-state index contributed by atoms with van der Waals surface area (Å²) in [6, 6.07) is 27.6. The molecule has 0 spiro atoms. The molecule has 0 atom stereocenters. The molecule has 0 unspecified atom stereocenters. The van der Waals surface area contributed by atoms with Gasteiger partial charge in [0, 0.05) is 33.8 Å². The number of hydrogen-bond acceptors (Lipinski definition) is 5. The topological polar surface area (TPSA) is 85.6 Å². The Balaban J connectivity index is 1.46. The summed E-state index contributed by atoms with van der Waals surface area (Å²) in [4.78, 5) is 38.9. The van der Waals surface area contributed by atoms with E-state index in [1.54, 1.807) is 60.7 Å². The number of benzene rings is 4. The zero-order chi connectivity index (χ0) is 28.2. The lowest BCUT2D eigenvalue weighted by atomic mass is 10.0. The van der Waals surface area contributed by atoms with E-state index in [-0.39, 0.29) is 11.1 Å². The minimum atomic E-state index is -1.17. The number of aromatic nitrogens is 1. The highest BCUT2D eigenvalue weighted by atomic mass is 35.5. The third-order valence-corrected chi connectivity index (χ3v) is 6.49. The van der Waals surface area contributed by atoms with Gasteiger partial charge < -0.3 is 9.84 Å². The second-order valence-corrected chi connectivity index (χ2v) is 9.32. The van der Waals surface area contributed by atoms with E-state index < -0.39 is 35.3 Å². The number of esters is 1. The molecule has 40 heavy (non-hydrogen) atoms. The molecule has 0 saturated carbocycles. The lowest BCUT2D eigenvalue weighted by Gasteiger charge is -2.18. The zero-order valence-electron chi connectivity index (χ0n) is 20.8. The lowest BCUT2D eigenvalue weighted by Crippen LogP contribution is -2.19. The maximum atomic E-state index is 13.4. The maximum Gasteiger partial charge on any atom is 0.380 e. The van der Waals surface area contributed by atoms with Gasteiger partial charge in [-0.15, -0.1) is 0 Å². The van der Waals surface area contributed by atoms with Crippen molar-refractivity contribution in [1.82, 2.24) is 4.57 Å². The molecule has 6 nitrogen and oxygen atoms in total. The summed E-state index contributed by atoms with van der Waals surface area (Å²) in [5.74, 6) is -3.81. The number of carbonyl (C=O) groups excluding carboxylic acids is 3. The molecule has 0 saturated heterocycles. The first-order valence-electron chi connectivity index (χ1n) is 12.2. The van der Waals surface area contributed by atoms with Crippen LogP contribution in [0.1, 0.15) is 33.2 Å². The molecule has 8 heteroatoms. The molecule has 0 bridgehead atoms. The Kier molecular flexibility index (Phi) is 7.57. The van der Waals surface area contributed by atoms with Gasteiger partial charge in [0.1, 0.15) is 11.6 Å². The standard InChI is InChI=1S/C32H21ClFNO5/c33-23-13-16-27-25(17-23)26(19-35(27)31(38)22-11-14-24(34)15-12-22)28(36)18-29(37)32(39)40-30(20-7-3-1-4-8-20)21-9-5-2-6-10-21/h1-19,30,36H. The molecule has 1 aromatic heterocycles. The quantitative estimate of drug-likeness (QED) is 0.102. The summed E-state index contributed by atoms with van der Waals surface area (Å²) in [6.45, 7) is 0. The molecule has 1 heterocycles. The molecule has 1 N–H and O–H groups in total. The predicted octanol–water partition coefficient (Wildman–Crippen LogP) is 6.92. The summed E-state index contributed by atoms with van der Waals surface area (Å²) in [7, 11) is 0. The van der Waals surface area contributed by atoms with E-state index in [0.717, 1.165) is 18.2 Å². The van der Waals surface area contributed by atoms with Crippen molar-refractivity contribution < 1.29 is 28.6 Å². The van der Waals surface area contributed by atoms with Gasteiger partial charge in [0.15, 0.2) is 6.10 Å². The van der Waals surface area contributed by atoms with Crippen LogP contribution in [0.15, 0.2) is 115 Å². The molecule has 0 fully saturated rings. The van der Waals surface area contributed by atoms with Gasteiger partial charge in [0.05, 0.1) is 5.52 Å². The molecular formula is C32H21ClFNO5. The molecule has 0 aliphatic heterocycles. The van der Waals surface area contributed by atoms with Crippen LogP contribution in [0, 0.1) is 5.82 Å². The molecule has 4 aromatic carbocycles. The van der Waals surface area contributed by atoms with Crippen molar-refractivity contribution in [3.8, 4) is 0 Å². The SMILES string of the molecule is O=C(C=C(O)c1cn(C(=O)c2ccc(F)cc2)c2ccc(Cl)cc12)C(=O)OC(c1ccccc1)c1ccccc1. The van der Waals surface area contributed by atoms with Gasteiger partial charge in [-0.2, -0.15) is 0 Å². The van der Waals surface area contributed by atoms with Gasteiger partial charge in [0.2, 0.25) is 0 Å². The van der Waals surface area contributed by atoms with Gasteiger partial charge in [-0.25, -0.2) is 9.18 Å². The highest BCUT2D eigenvalue weighted by Gasteiger charge is 2.24. The molecule has 0 aliphatic carbocycles. The average molecular weight is 554 g/mol. The summed E-state index contributed by atoms with van der Waals surface area (Å²) >= 11 is 6.17. The Labute approximate surface area is 233 Å². The number of ether oxygens (including phenoxy) is 1. The molecule has 0 radical (unpaired) electrons. The maximum absolute atomic E-state index is 13.4. The van der Waals surface area contributed by atoms with Gasteiger partial charge >= 0.3 is 5.97 Å². The van der Waals surface area contributed by atoms with Crippen molar-refractivity contribution in [2.24, 2.45) is 0 Å². The predicted molar refractivity (Wildman–Crippen MR) is 150 cm³/mol. The molecule has 0 aliphatic rings. The van der Waals surface area contributed by atoms with E-state index in [4.69, 9.17) is 16.3 Å². The lowest BCUT2D eigenvalue weighted by molar-refractivity contribution is -0.154. The zero-order valence-corrected chi connectivity index (χ0v) is 21.6. The van der Waals surface area contributed by atoms with Gasteiger partial charge in [0.25, 0.3) is 11.7 Å². The summed E-state index contributed by atoms with van der Waals surface area (Å²) in [5, 5.41) is 11.6. The fourth-order valence-electron chi connectivity index (χ4n) is 4.32. The van der Waals surface area contributed by atoms with Crippen LogP contribution in [0.3, 0.4) is 0 Å². The number of ketones is 1. The fraction of sp³-hybridized carbons (Fsp3) is 0.0312. The first kappa shape index (κ1) is 26.6.